The van der Waals surface area contributed by atoms with E-state index in [1.54, 1.807) is 0 Å². The van der Waals surface area contributed by atoms with E-state index in [1.807, 2.05) is 0 Å². The van der Waals surface area contributed by atoms with Gasteiger partial charge in [0, 0.05) is 23.3 Å². The normalized spacial score (nSPS) is 19.3. The average Bonchev–Trinajstić information content (AvgIpc) is 2.81. The molecule has 0 amide bonds. The zero-order valence-corrected chi connectivity index (χ0v) is 10.9. The van der Waals surface area contributed by atoms with Gasteiger partial charge in [0.05, 0.1) is 25.3 Å². The van der Waals surface area contributed by atoms with Crippen LogP contribution >= 0.6 is 15.9 Å². The number of carbonyl (C=O) groups excluding carboxylic acids is 1. The van der Waals surface area contributed by atoms with Crippen LogP contribution in [-0.2, 0) is 9.47 Å². The highest BCUT2D eigenvalue weighted by Crippen LogP contribution is 2.20. The number of ether oxygens (including phenoxy) is 2. The smallest absolute Gasteiger partial charge is 0.340 e. The number of nitrogens with zero attached hydrogens (tertiary/aromatic N) is 1. The van der Waals surface area contributed by atoms with Gasteiger partial charge in [-0.05, 0) is 22.4 Å². The van der Waals surface area contributed by atoms with Crippen molar-refractivity contribution in [1.82, 2.24) is 4.57 Å². The van der Waals surface area contributed by atoms with Gasteiger partial charge in [-0.25, -0.2) is 4.79 Å². The van der Waals surface area contributed by atoms with Crippen molar-refractivity contribution in [2.75, 3.05) is 20.3 Å². The Morgan fingerprint density at radius 1 is 1.65 bits per heavy atom. The number of methoxy groups -OCH3 is 1. The Kier molecular flexibility index (Phi) is 3.63. The van der Waals surface area contributed by atoms with E-state index in [0.29, 0.717) is 23.2 Å². The second-order valence-corrected chi connectivity index (χ2v) is 4.64. The lowest BCUT2D eigenvalue weighted by atomic mass is 10.2. The highest BCUT2D eigenvalue weighted by atomic mass is 79.9. The minimum atomic E-state index is -0.468. The molecule has 6 heteroatoms. The maximum atomic E-state index is 11.8. The molecule has 0 aromatic carbocycles. The van der Waals surface area contributed by atoms with Crippen molar-refractivity contribution < 1.29 is 14.3 Å². The summed E-state index contributed by atoms with van der Waals surface area (Å²) in [7, 11) is 1.31. The Morgan fingerprint density at radius 2 is 2.41 bits per heavy atom. The first kappa shape index (κ1) is 12.3. The van der Waals surface area contributed by atoms with Crippen LogP contribution in [0.1, 0.15) is 22.8 Å². The molecule has 0 aliphatic carbocycles. The summed E-state index contributed by atoms with van der Waals surface area (Å²) in [5.41, 5.74) is 0.194. The van der Waals surface area contributed by atoms with Crippen molar-refractivity contribution in [2.45, 2.75) is 12.5 Å². The van der Waals surface area contributed by atoms with E-state index < -0.39 is 5.97 Å². The number of rotatable bonds is 2. The van der Waals surface area contributed by atoms with Crippen LogP contribution in [0.2, 0.25) is 0 Å². The summed E-state index contributed by atoms with van der Waals surface area (Å²) in [6.45, 7) is 1.14. The van der Waals surface area contributed by atoms with Gasteiger partial charge in [-0.2, -0.15) is 0 Å². The standard InChI is InChI=1S/C11H12BrNO4/c1-16-11(15)8-5-13(7-2-3-17-6-7)10(14)4-9(8)12/h4-5,7H,2-3,6H2,1H3. The molecule has 0 N–H and O–H groups in total. The largest absolute Gasteiger partial charge is 0.465 e. The lowest BCUT2D eigenvalue weighted by Crippen LogP contribution is -2.25. The zero-order valence-electron chi connectivity index (χ0n) is 9.31. The Labute approximate surface area is 106 Å². The summed E-state index contributed by atoms with van der Waals surface area (Å²) in [5, 5.41) is 0. The lowest BCUT2D eigenvalue weighted by molar-refractivity contribution is 0.0598. The summed E-state index contributed by atoms with van der Waals surface area (Å²) in [5.74, 6) is -0.468. The van der Waals surface area contributed by atoms with Crippen LogP contribution < -0.4 is 5.56 Å². The Morgan fingerprint density at radius 3 is 3.00 bits per heavy atom. The first-order valence-corrected chi connectivity index (χ1v) is 6.00. The molecule has 1 atom stereocenters. The SMILES string of the molecule is COC(=O)c1cn(C2CCOC2)c(=O)cc1Br. The van der Waals surface area contributed by atoms with Gasteiger partial charge in [0.1, 0.15) is 0 Å². The van der Waals surface area contributed by atoms with Gasteiger partial charge >= 0.3 is 5.97 Å². The molecule has 0 radical (unpaired) electrons. The van der Waals surface area contributed by atoms with Crippen molar-refractivity contribution in [2.24, 2.45) is 0 Å². The molecule has 1 aliphatic rings. The van der Waals surface area contributed by atoms with Crippen molar-refractivity contribution >= 4 is 21.9 Å². The number of aromatic nitrogens is 1. The fourth-order valence-electron chi connectivity index (χ4n) is 1.81. The molecular formula is C11H12BrNO4. The van der Waals surface area contributed by atoms with Crippen LogP contribution in [0.5, 0.6) is 0 Å². The summed E-state index contributed by atoms with van der Waals surface area (Å²) < 4.78 is 11.9. The minimum Gasteiger partial charge on any atom is -0.465 e. The molecule has 0 bridgehead atoms. The van der Waals surface area contributed by atoms with Gasteiger partial charge in [-0.3, -0.25) is 4.79 Å². The minimum absolute atomic E-state index is 0.000920. The van der Waals surface area contributed by atoms with Crippen LogP contribution in [-0.4, -0.2) is 30.9 Å². The molecule has 2 rings (SSSR count). The Hall–Kier alpha value is -1.14. The lowest BCUT2D eigenvalue weighted by Gasteiger charge is -2.13. The van der Waals surface area contributed by atoms with Gasteiger partial charge in [0.15, 0.2) is 0 Å². The van der Waals surface area contributed by atoms with Gasteiger partial charge in [0.25, 0.3) is 5.56 Å². The maximum absolute atomic E-state index is 11.8. The van der Waals surface area contributed by atoms with Gasteiger partial charge in [0.2, 0.25) is 0 Å². The summed E-state index contributed by atoms with van der Waals surface area (Å²) in [4.78, 5) is 23.3. The first-order chi connectivity index (χ1) is 8.13. The highest BCUT2D eigenvalue weighted by molar-refractivity contribution is 9.10. The van der Waals surface area contributed by atoms with Crippen LogP contribution in [0.4, 0.5) is 0 Å². The van der Waals surface area contributed by atoms with E-state index in [2.05, 4.69) is 20.7 Å². The number of esters is 1. The summed E-state index contributed by atoms with van der Waals surface area (Å²) in [6.07, 6.45) is 2.31. The van der Waals surface area contributed by atoms with Gasteiger partial charge < -0.3 is 14.0 Å². The third kappa shape index (κ3) is 2.42. The Balaban J connectivity index is 2.45. The van der Waals surface area contributed by atoms with Crippen LogP contribution in [0, 0.1) is 0 Å². The molecule has 1 fully saturated rings. The highest BCUT2D eigenvalue weighted by Gasteiger charge is 2.21. The van der Waals surface area contributed by atoms with E-state index in [0.717, 1.165) is 6.42 Å². The summed E-state index contributed by atoms with van der Waals surface area (Å²) in [6, 6.07) is 1.38. The number of carbonyl (C=O) groups is 1. The van der Waals surface area contributed by atoms with Crippen molar-refractivity contribution in [1.29, 1.82) is 0 Å². The molecule has 1 aliphatic heterocycles. The topological polar surface area (TPSA) is 57.5 Å². The second-order valence-electron chi connectivity index (χ2n) is 3.79. The third-order valence-electron chi connectivity index (χ3n) is 2.73. The second kappa shape index (κ2) is 5.01. The molecular weight excluding hydrogens is 290 g/mol. The number of halogens is 1. The van der Waals surface area contributed by atoms with E-state index in [1.165, 1.54) is 23.9 Å². The van der Waals surface area contributed by atoms with Gasteiger partial charge in [-0.1, -0.05) is 0 Å². The predicted octanol–water partition coefficient (Wildman–Crippen LogP) is 1.36. The van der Waals surface area contributed by atoms with E-state index in [4.69, 9.17) is 4.74 Å². The fraction of sp³-hybridized carbons (Fsp3) is 0.455. The number of pyridine rings is 1. The molecule has 1 unspecified atom stereocenters. The predicted molar refractivity (Wildman–Crippen MR) is 64.2 cm³/mol. The van der Waals surface area contributed by atoms with Crippen LogP contribution in [0.15, 0.2) is 21.5 Å². The zero-order chi connectivity index (χ0) is 12.4. The fourth-order valence-corrected chi connectivity index (χ4v) is 2.27. The van der Waals surface area contributed by atoms with Crippen LogP contribution in [0.25, 0.3) is 0 Å². The summed E-state index contributed by atoms with van der Waals surface area (Å²) >= 11 is 3.19. The molecule has 1 aromatic heterocycles. The van der Waals surface area contributed by atoms with Crippen molar-refractivity contribution in [3.8, 4) is 0 Å². The van der Waals surface area contributed by atoms with Crippen molar-refractivity contribution in [3.05, 3.63) is 32.7 Å². The molecule has 5 nitrogen and oxygen atoms in total. The maximum Gasteiger partial charge on any atom is 0.340 e. The molecule has 0 spiro atoms. The average molecular weight is 302 g/mol. The molecule has 2 heterocycles. The molecule has 0 saturated carbocycles. The Bertz CT molecular complexity index is 491. The quantitative estimate of drug-likeness (QED) is 0.774. The molecule has 92 valence electrons. The molecule has 1 aromatic rings. The first-order valence-electron chi connectivity index (χ1n) is 5.21. The van der Waals surface area contributed by atoms with E-state index in [9.17, 15) is 9.59 Å². The number of hydrogen-bond donors (Lipinski definition) is 0. The third-order valence-corrected chi connectivity index (χ3v) is 3.39. The molecule has 1 saturated heterocycles. The van der Waals surface area contributed by atoms with E-state index >= 15 is 0 Å². The molecule has 17 heavy (non-hydrogen) atoms. The van der Waals surface area contributed by atoms with Gasteiger partial charge in [-0.15, -0.1) is 0 Å². The van der Waals surface area contributed by atoms with E-state index in [-0.39, 0.29) is 11.6 Å². The van der Waals surface area contributed by atoms with Crippen LogP contribution in [0.3, 0.4) is 0 Å². The van der Waals surface area contributed by atoms with Crippen molar-refractivity contribution in [3.63, 3.8) is 0 Å². The number of hydrogen-bond acceptors (Lipinski definition) is 4. The monoisotopic (exact) mass is 301 g/mol.